The van der Waals surface area contributed by atoms with Gasteiger partial charge in [-0.25, -0.2) is 10.8 Å². The molecule has 6 heteroatoms. The average Bonchev–Trinajstić information content (AvgIpc) is 2.35. The predicted molar refractivity (Wildman–Crippen MR) is 64.0 cm³/mol. The highest BCUT2D eigenvalue weighted by Crippen LogP contribution is 2.15. The Labute approximate surface area is 94.8 Å². The molecule has 1 aromatic rings. The van der Waals surface area contributed by atoms with Crippen LogP contribution in [0.4, 0.5) is 11.5 Å². The van der Waals surface area contributed by atoms with E-state index in [9.17, 15) is 4.79 Å². The number of nitrogens with one attached hydrogen (secondary N) is 2. The zero-order chi connectivity index (χ0) is 12.0. The third kappa shape index (κ3) is 3.39. The van der Waals surface area contributed by atoms with Gasteiger partial charge in [0.15, 0.2) is 0 Å². The van der Waals surface area contributed by atoms with Crippen molar-refractivity contribution >= 4 is 17.4 Å². The van der Waals surface area contributed by atoms with E-state index in [4.69, 9.17) is 5.84 Å². The lowest BCUT2D eigenvalue weighted by molar-refractivity contribution is -0.120. The van der Waals surface area contributed by atoms with E-state index in [0.29, 0.717) is 18.8 Å². The second-order valence-corrected chi connectivity index (χ2v) is 3.39. The second-order valence-electron chi connectivity index (χ2n) is 3.39. The molecule has 1 heterocycles. The van der Waals surface area contributed by atoms with Crippen molar-refractivity contribution in [3.8, 4) is 0 Å². The van der Waals surface area contributed by atoms with Crippen LogP contribution in [0.15, 0.2) is 18.3 Å². The zero-order valence-electron chi connectivity index (χ0n) is 9.53. The smallest absolute Gasteiger partial charge is 0.221 e. The maximum absolute atomic E-state index is 11.1. The highest BCUT2D eigenvalue weighted by Gasteiger charge is 2.04. The highest BCUT2D eigenvalue weighted by atomic mass is 16.1. The monoisotopic (exact) mass is 223 g/mol. The van der Waals surface area contributed by atoms with E-state index in [2.05, 4.69) is 15.7 Å². The Balaban J connectivity index is 2.58. The van der Waals surface area contributed by atoms with Crippen LogP contribution in [0.25, 0.3) is 0 Å². The first-order valence-electron chi connectivity index (χ1n) is 5.01. The van der Waals surface area contributed by atoms with Gasteiger partial charge in [0.05, 0.1) is 0 Å². The van der Waals surface area contributed by atoms with Gasteiger partial charge in [-0.1, -0.05) is 0 Å². The summed E-state index contributed by atoms with van der Waals surface area (Å²) in [6, 6.07) is 3.69. The molecule has 0 aliphatic carbocycles. The number of hydrazine groups is 1. The van der Waals surface area contributed by atoms with Gasteiger partial charge in [-0.15, -0.1) is 0 Å². The summed E-state index contributed by atoms with van der Waals surface area (Å²) >= 11 is 0. The van der Waals surface area contributed by atoms with Gasteiger partial charge in [0.25, 0.3) is 0 Å². The van der Waals surface area contributed by atoms with E-state index >= 15 is 0 Å². The summed E-state index contributed by atoms with van der Waals surface area (Å²) < 4.78 is 0. The number of hydrogen-bond donors (Lipinski definition) is 3. The molecule has 0 fully saturated rings. The molecule has 88 valence electrons. The maximum Gasteiger partial charge on any atom is 0.221 e. The molecule has 1 aromatic heterocycles. The van der Waals surface area contributed by atoms with E-state index in [0.717, 1.165) is 5.69 Å². The average molecular weight is 223 g/mol. The van der Waals surface area contributed by atoms with Gasteiger partial charge in [0.2, 0.25) is 5.91 Å². The van der Waals surface area contributed by atoms with Gasteiger partial charge in [0, 0.05) is 45.0 Å². The molecule has 0 bridgehead atoms. The minimum atomic E-state index is 0.0260. The molecule has 0 atom stereocenters. The molecule has 0 spiro atoms. The molecular weight excluding hydrogens is 206 g/mol. The number of nitrogen functional groups attached to an aromatic ring is 1. The van der Waals surface area contributed by atoms with Crippen LogP contribution in [-0.2, 0) is 4.79 Å². The molecule has 0 saturated heterocycles. The molecule has 0 aliphatic rings. The first kappa shape index (κ1) is 12.3. The van der Waals surface area contributed by atoms with Crippen LogP contribution >= 0.6 is 0 Å². The molecular formula is C10H17N5O. The van der Waals surface area contributed by atoms with Crippen LogP contribution in [-0.4, -0.2) is 31.5 Å². The summed E-state index contributed by atoms with van der Waals surface area (Å²) in [6.07, 6.45) is 2.13. The molecule has 1 amide bonds. The predicted octanol–water partition coefficient (Wildman–Crippen LogP) is -0.0605. The minimum Gasteiger partial charge on any atom is -0.374 e. The molecule has 1 rings (SSSR count). The van der Waals surface area contributed by atoms with Crippen LogP contribution in [0.1, 0.15) is 6.42 Å². The van der Waals surface area contributed by atoms with Gasteiger partial charge in [-0.05, 0) is 6.07 Å². The van der Waals surface area contributed by atoms with Gasteiger partial charge in [0.1, 0.15) is 5.82 Å². The molecule has 0 saturated carbocycles. The number of nitrogens with two attached hydrogens (primary N) is 1. The number of carbonyl (C=O) groups excluding carboxylic acids is 1. The maximum atomic E-state index is 11.1. The van der Waals surface area contributed by atoms with Crippen molar-refractivity contribution in [2.45, 2.75) is 6.42 Å². The van der Waals surface area contributed by atoms with Crippen LogP contribution in [0.2, 0.25) is 0 Å². The topological polar surface area (TPSA) is 83.3 Å². The lowest BCUT2D eigenvalue weighted by Gasteiger charge is -2.19. The van der Waals surface area contributed by atoms with Crippen molar-refractivity contribution in [3.63, 3.8) is 0 Å². The van der Waals surface area contributed by atoms with Crippen molar-refractivity contribution in [2.24, 2.45) is 5.84 Å². The van der Waals surface area contributed by atoms with Crippen LogP contribution in [0.5, 0.6) is 0 Å². The number of carbonyl (C=O) groups is 1. The zero-order valence-corrected chi connectivity index (χ0v) is 9.53. The van der Waals surface area contributed by atoms with Crippen LogP contribution < -0.4 is 21.5 Å². The molecule has 0 aromatic carbocycles. The summed E-state index contributed by atoms with van der Waals surface area (Å²) in [7, 11) is 3.55. The third-order valence-electron chi connectivity index (χ3n) is 2.29. The van der Waals surface area contributed by atoms with Crippen molar-refractivity contribution < 1.29 is 4.79 Å². The number of hydrogen-bond acceptors (Lipinski definition) is 5. The number of amides is 1. The van der Waals surface area contributed by atoms with Crippen molar-refractivity contribution in [1.82, 2.24) is 10.3 Å². The van der Waals surface area contributed by atoms with Crippen LogP contribution in [0.3, 0.4) is 0 Å². The number of anilines is 2. The fourth-order valence-electron chi connectivity index (χ4n) is 1.26. The molecule has 0 radical (unpaired) electrons. The summed E-state index contributed by atoms with van der Waals surface area (Å²) in [5.41, 5.74) is 3.45. The van der Waals surface area contributed by atoms with Gasteiger partial charge in [-0.2, -0.15) is 0 Å². The summed E-state index contributed by atoms with van der Waals surface area (Å²) in [4.78, 5) is 17.1. The number of nitrogens with zero attached hydrogens (tertiary/aromatic N) is 2. The van der Waals surface area contributed by atoms with E-state index in [-0.39, 0.29) is 5.91 Å². The van der Waals surface area contributed by atoms with Crippen LogP contribution in [0, 0.1) is 0 Å². The molecule has 16 heavy (non-hydrogen) atoms. The Bertz CT molecular complexity index is 355. The summed E-state index contributed by atoms with van der Waals surface area (Å²) in [5.74, 6) is 5.89. The summed E-state index contributed by atoms with van der Waals surface area (Å²) in [6.45, 7) is 0.647. The largest absolute Gasteiger partial charge is 0.374 e. The van der Waals surface area contributed by atoms with E-state index in [1.54, 1.807) is 13.2 Å². The lowest BCUT2D eigenvalue weighted by Crippen LogP contribution is -2.26. The molecule has 4 N–H and O–H groups in total. The van der Waals surface area contributed by atoms with Crippen molar-refractivity contribution in [2.75, 3.05) is 31.0 Å². The van der Waals surface area contributed by atoms with Crippen molar-refractivity contribution in [1.29, 1.82) is 0 Å². The minimum absolute atomic E-state index is 0.0260. The fraction of sp³-hybridized carbons (Fsp3) is 0.400. The number of rotatable bonds is 5. The SMILES string of the molecule is CNC(=O)CCN(C)c1ccnc(NN)c1. The molecule has 0 aliphatic heterocycles. The number of aromatic nitrogens is 1. The quantitative estimate of drug-likeness (QED) is 0.481. The summed E-state index contributed by atoms with van der Waals surface area (Å²) in [5, 5.41) is 2.58. The van der Waals surface area contributed by atoms with E-state index in [1.165, 1.54) is 0 Å². The normalized spacial score (nSPS) is 9.69. The lowest BCUT2D eigenvalue weighted by atomic mass is 10.3. The molecule has 0 unspecified atom stereocenters. The Morgan fingerprint density at radius 3 is 3.00 bits per heavy atom. The third-order valence-corrected chi connectivity index (χ3v) is 2.29. The Morgan fingerprint density at radius 1 is 1.62 bits per heavy atom. The fourth-order valence-corrected chi connectivity index (χ4v) is 1.26. The first-order valence-corrected chi connectivity index (χ1v) is 5.01. The van der Waals surface area contributed by atoms with E-state index in [1.807, 2.05) is 24.1 Å². The Morgan fingerprint density at radius 2 is 2.38 bits per heavy atom. The van der Waals surface area contributed by atoms with E-state index < -0.39 is 0 Å². The van der Waals surface area contributed by atoms with Gasteiger partial charge >= 0.3 is 0 Å². The molecule has 6 nitrogen and oxygen atoms in total. The van der Waals surface area contributed by atoms with Crippen molar-refractivity contribution in [3.05, 3.63) is 18.3 Å². The van der Waals surface area contributed by atoms with Gasteiger partial charge in [-0.3, -0.25) is 4.79 Å². The highest BCUT2D eigenvalue weighted by molar-refractivity contribution is 5.76. The Hall–Kier alpha value is -1.82. The second kappa shape index (κ2) is 5.92. The Kier molecular flexibility index (Phi) is 4.53. The first-order chi connectivity index (χ1) is 7.67. The van der Waals surface area contributed by atoms with Gasteiger partial charge < -0.3 is 15.6 Å². The standard InChI is InChI=1S/C10H17N5O/c1-12-10(16)4-6-15(2)8-3-5-13-9(7-8)14-11/h3,5,7H,4,6,11H2,1-2H3,(H,12,16)(H,13,14). The number of pyridine rings is 1.